The Balaban J connectivity index is 0. The van der Waals surface area contributed by atoms with E-state index in [2.05, 4.69) is 20.3 Å². The zero-order chi connectivity index (χ0) is 14.6. The van der Waals surface area contributed by atoms with Crippen LogP contribution in [0.5, 0.6) is 0 Å². The van der Waals surface area contributed by atoms with Crippen molar-refractivity contribution in [3.05, 3.63) is 0 Å². The third kappa shape index (κ3) is 12.7. The SMILES string of the molecule is CN=C(NCC(C)(C)NS(C)(=O)=O)NC(C)(C)C.I. The molecule has 0 fully saturated rings. The van der Waals surface area contributed by atoms with Gasteiger partial charge in [0.2, 0.25) is 10.0 Å². The van der Waals surface area contributed by atoms with Crippen molar-refractivity contribution in [2.45, 2.75) is 45.7 Å². The summed E-state index contributed by atoms with van der Waals surface area (Å²) in [5.41, 5.74) is -0.681. The molecule has 8 heteroatoms. The first-order valence-electron chi connectivity index (χ1n) is 5.82. The molecule has 0 atom stereocenters. The van der Waals surface area contributed by atoms with E-state index in [1.54, 1.807) is 7.05 Å². The molecule has 6 nitrogen and oxygen atoms in total. The monoisotopic (exact) mass is 406 g/mol. The molecule has 0 aromatic heterocycles. The Bertz CT molecular complexity index is 399. The van der Waals surface area contributed by atoms with Crippen molar-refractivity contribution in [2.75, 3.05) is 19.8 Å². The Morgan fingerprint density at radius 2 is 1.63 bits per heavy atom. The molecule has 116 valence electrons. The molecule has 0 aliphatic rings. The molecule has 0 radical (unpaired) electrons. The van der Waals surface area contributed by atoms with Crippen molar-refractivity contribution < 1.29 is 8.42 Å². The summed E-state index contributed by atoms with van der Waals surface area (Å²) in [6, 6.07) is 0. The van der Waals surface area contributed by atoms with Crippen LogP contribution in [-0.4, -0.2) is 45.3 Å². The van der Waals surface area contributed by atoms with Gasteiger partial charge < -0.3 is 10.6 Å². The summed E-state index contributed by atoms with van der Waals surface area (Å²) in [5.74, 6) is 0.644. The van der Waals surface area contributed by atoms with Crippen LogP contribution >= 0.6 is 24.0 Å². The van der Waals surface area contributed by atoms with E-state index >= 15 is 0 Å². The van der Waals surface area contributed by atoms with Crippen LogP contribution in [0.15, 0.2) is 4.99 Å². The lowest BCUT2D eigenvalue weighted by molar-refractivity contribution is 0.438. The minimum absolute atomic E-state index is 0. The van der Waals surface area contributed by atoms with Crippen molar-refractivity contribution in [1.29, 1.82) is 0 Å². The number of nitrogens with one attached hydrogen (secondary N) is 3. The van der Waals surface area contributed by atoms with E-state index in [9.17, 15) is 8.42 Å². The van der Waals surface area contributed by atoms with E-state index in [0.717, 1.165) is 6.26 Å². The van der Waals surface area contributed by atoms with Crippen LogP contribution in [0.2, 0.25) is 0 Å². The third-order valence-corrected chi connectivity index (χ3v) is 2.80. The average Bonchev–Trinajstić information content (AvgIpc) is 2.06. The average molecular weight is 406 g/mol. The highest BCUT2D eigenvalue weighted by Gasteiger charge is 2.23. The number of halogens is 1. The zero-order valence-corrected chi connectivity index (χ0v) is 15.9. The molecule has 0 saturated carbocycles. The number of hydrogen-bond donors (Lipinski definition) is 3. The zero-order valence-electron chi connectivity index (χ0n) is 12.8. The van der Waals surface area contributed by atoms with E-state index in [4.69, 9.17) is 0 Å². The van der Waals surface area contributed by atoms with Gasteiger partial charge in [-0.15, -0.1) is 24.0 Å². The number of hydrogen-bond acceptors (Lipinski definition) is 3. The maximum absolute atomic E-state index is 11.2. The van der Waals surface area contributed by atoms with Crippen LogP contribution in [0.3, 0.4) is 0 Å². The minimum atomic E-state index is -3.22. The Morgan fingerprint density at radius 1 is 1.16 bits per heavy atom. The molecule has 0 bridgehead atoms. The molecule has 0 aromatic rings. The lowest BCUT2D eigenvalue weighted by atomic mass is 10.1. The first-order chi connectivity index (χ1) is 7.85. The summed E-state index contributed by atoms with van der Waals surface area (Å²) in [6.07, 6.45) is 1.15. The quantitative estimate of drug-likeness (QED) is 0.368. The lowest BCUT2D eigenvalue weighted by Crippen LogP contribution is -2.55. The second-order valence-corrected chi connectivity index (χ2v) is 7.81. The highest BCUT2D eigenvalue weighted by Crippen LogP contribution is 2.02. The number of aliphatic imine (C=N–C) groups is 1. The van der Waals surface area contributed by atoms with Gasteiger partial charge in [-0.1, -0.05) is 0 Å². The topological polar surface area (TPSA) is 82.6 Å². The minimum Gasteiger partial charge on any atom is -0.355 e. The fourth-order valence-corrected chi connectivity index (χ4v) is 2.45. The third-order valence-electron chi connectivity index (χ3n) is 1.88. The Labute approximate surface area is 134 Å². The summed E-state index contributed by atoms with van der Waals surface area (Å²) in [4.78, 5) is 4.09. The van der Waals surface area contributed by atoms with Crippen molar-refractivity contribution in [1.82, 2.24) is 15.4 Å². The smallest absolute Gasteiger partial charge is 0.209 e. The molecular formula is C11H27IN4O2S. The molecule has 19 heavy (non-hydrogen) atoms. The number of guanidine groups is 1. The normalized spacial score (nSPS) is 13.7. The van der Waals surface area contributed by atoms with Gasteiger partial charge in [-0.25, -0.2) is 13.1 Å². The van der Waals surface area contributed by atoms with Gasteiger partial charge in [0, 0.05) is 24.7 Å². The number of sulfonamides is 1. The van der Waals surface area contributed by atoms with Crippen molar-refractivity contribution in [3.8, 4) is 0 Å². The van der Waals surface area contributed by atoms with Crippen LogP contribution in [0, 0.1) is 0 Å². The second kappa shape index (κ2) is 7.63. The second-order valence-electron chi connectivity index (χ2n) is 6.06. The standard InChI is InChI=1S/C11H26N4O2S.HI/c1-10(2,3)14-9(12-6)13-8-11(4,5)15-18(7,16)17;/h15H,8H2,1-7H3,(H2,12,13,14);1H. The van der Waals surface area contributed by atoms with Gasteiger partial charge in [0.15, 0.2) is 5.96 Å². The first-order valence-corrected chi connectivity index (χ1v) is 7.72. The molecule has 0 unspecified atom stereocenters. The van der Waals surface area contributed by atoms with Crippen molar-refractivity contribution in [2.24, 2.45) is 4.99 Å². The molecule has 0 aliphatic carbocycles. The largest absolute Gasteiger partial charge is 0.355 e. The van der Waals surface area contributed by atoms with Gasteiger partial charge in [0.05, 0.1) is 6.26 Å². The highest BCUT2D eigenvalue weighted by atomic mass is 127. The van der Waals surface area contributed by atoms with Gasteiger partial charge in [-0.3, -0.25) is 4.99 Å². The number of rotatable bonds is 4. The van der Waals surface area contributed by atoms with Crippen LogP contribution in [-0.2, 0) is 10.0 Å². The molecule has 0 amide bonds. The molecule has 0 rings (SSSR count). The number of nitrogens with zero attached hydrogens (tertiary/aromatic N) is 1. The van der Waals surface area contributed by atoms with Crippen LogP contribution in [0.1, 0.15) is 34.6 Å². The predicted molar refractivity (Wildman–Crippen MR) is 91.7 cm³/mol. The van der Waals surface area contributed by atoms with Gasteiger partial charge in [-0.2, -0.15) is 0 Å². The maximum atomic E-state index is 11.2. The summed E-state index contributed by atoms with van der Waals surface area (Å²) < 4.78 is 25.0. The Kier molecular flexibility index (Phi) is 8.52. The molecule has 0 saturated heterocycles. The van der Waals surface area contributed by atoms with Crippen molar-refractivity contribution >= 4 is 40.0 Å². The fourth-order valence-electron chi connectivity index (χ4n) is 1.38. The lowest BCUT2D eigenvalue weighted by Gasteiger charge is -2.29. The van der Waals surface area contributed by atoms with Crippen LogP contribution in [0.4, 0.5) is 0 Å². The van der Waals surface area contributed by atoms with Crippen LogP contribution in [0.25, 0.3) is 0 Å². The molecule has 0 heterocycles. The summed E-state index contributed by atoms with van der Waals surface area (Å²) >= 11 is 0. The summed E-state index contributed by atoms with van der Waals surface area (Å²) in [6.45, 7) is 10.1. The van der Waals surface area contributed by atoms with E-state index in [-0.39, 0.29) is 29.5 Å². The highest BCUT2D eigenvalue weighted by molar-refractivity contribution is 14.0. The molecule has 3 N–H and O–H groups in total. The van der Waals surface area contributed by atoms with Gasteiger partial charge in [0.25, 0.3) is 0 Å². The first kappa shape index (κ1) is 21.2. The van der Waals surface area contributed by atoms with Gasteiger partial charge in [-0.05, 0) is 34.6 Å². The molecule has 0 aliphatic heterocycles. The van der Waals surface area contributed by atoms with E-state index in [1.807, 2.05) is 34.6 Å². The van der Waals surface area contributed by atoms with Crippen molar-refractivity contribution in [3.63, 3.8) is 0 Å². The van der Waals surface area contributed by atoms with E-state index in [1.165, 1.54) is 0 Å². The van der Waals surface area contributed by atoms with Crippen LogP contribution < -0.4 is 15.4 Å². The predicted octanol–water partition coefficient (Wildman–Crippen LogP) is 0.896. The van der Waals surface area contributed by atoms with E-state index < -0.39 is 15.6 Å². The maximum Gasteiger partial charge on any atom is 0.209 e. The Morgan fingerprint density at radius 3 is 1.95 bits per heavy atom. The van der Waals surface area contributed by atoms with Gasteiger partial charge >= 0.3 is 0 Å². The van der Waals surface area contributed by atoms with E-state index in [0.29, 0.717) is 12.5 Å². The molecule has 0 spiro atoms. The molecular weight excluding hydrogens is 379 g/mol. The fraction of sp³-hybridized carbons (Fsp3) is 0.909. The Hall–Kier alpha value is -0.0900. The molecule has 0 aromatic carbocycles. The summed E-state index contributed by atoms with van der Waals surface area (Å²) in [7, 11) is -1.54. The van der Waals surface area contributed by atoms with Gasteiger partial charge in [0.1, 0.15) is 0 Å². The summed E-state index contributed by atoms with van der Waals surface area (Å²) in [5, 5.41) is 6.30.